The van der Waals surface area contributed by atoms with Gasteiger partial charge in [-0.15, -0.1) is 5.73 Å². The molecule has 1 heterocycles. The van der Waals surface area contributed by atoms with Crippen molar-refractivity contribution in [3.05, 3.63) is 65.9 Å². The highest BCUT2D eigenvalue weighted by atomic mass is 35.5. The third-order valence-corrected chi connectivity index (χ3v) is 4.08. The van der Waals surface area contributed by atoms with E-state index in [1.165, 1.54) is 24.5 Å². The Hall–Kier alpha value is -3.08. The topological polar surface area (TPSA) is 67.3 Å². The summed E-state index contributed by atoms with van der Waals surface area (Å²) in [5.74, 6) is 0.320. The lowest BCUT2D eigenvalue weighted by Gasteiger charge is -2.12. The average Bonchev–Trinajstić information content (AvgIpc) is 2.65. The highest BCUT2D eigenvalue weighted by Gasteiger charge is 2.11. The highest BCUT2D eigenvalue weighted by molar-refractivity contribution is 6.31. The molecule has 0 atom stereocenters. The Morgan fingerprint density at radius 3 is 2.93 bits per heavy atom. The van der Waals surface area contributed by atoms with Crippen LogP contribution in [0.2, 0.25) is 5.02 Å². The summed E-state index contributed by atoms with van der Waals surface area (Å²) < 4.78 is 19.0. The number of unbranched alkanes of at least 4 members (excludes halogenated alkanes) is 1. The number of fused-ring (bicyclic) bond motifs is 1. The van der Waals surface area contributed by atoms with Gasteiger partial charge in [0.1, 0.15) is 18.0 Å². The van der Waals surface area contributed by atoms with Crippen LogP contribution in [0.15, 0.2) is 55.0 Å². The summed E-state index contributed by atoms with van der Waals surface area (Å²) in [7, 11) is 0. The van der Waals surface area contributed by atoms with Crippen molar-refractivity contribution in [2.45, 2.75) is 12.8 Å². The van der Waals surface area contributed by atoms with Gasteiger partial charge in [-0.25, -0.2) is 14.4 Å². The first-order chi connectivity index (χ1) is 13.1. The van der Waals surface area contributed by atoms with Crippen molar-refractivity contribution in [3.8, 4) is 11.5 Å². The van der Waals surface area contributed by atoms with Crippen molar-refractivity contribution in [1.29, 1.82) is 0 Å². The Bertz CT molecular complexity index is 1020. The number of benzene rings is 2. The minimum atomic E-state index is -0.498. The van der Waals surface area contributed by atoms with Crippen LogP contribution in [0.25, 0.3) is 10.9 Å². The molecule has 1 aromatic heterocycles. The zero-order chi connectivity index (χ0) is 19.2. The molecule has 0 amide bonds. The molecule has 0 bridgehead atoms. The van der Waals surface area contributed by atoms with Crippen LogP contribution in [0.5, 0.6) is 11.5 Å². The molecule has 0 radical (unpaired) electrons. The van der Waals surface area contributed by atoms with Crippen LogP contribution in [0, 0.1) is 5.82 Å². The van der Waals surface area contributed by atoms with Crippen LogP contribution in [0.1, 0.15) is 12.8 Å². The molecule has 0 spiro atoms. The fourth-order valence-corrected chi connectivity index (χ4v) is 2.65. The number of hydrogen-bond acceptors (Lipinski definition) is 5. The summed E-state index contributed by atoms with van der Waals surface area (Å²) in [6.07, 6.45) is 4.76. The van der Waals surface area contributed by atoms with E-state index in [-0.39, 0.29) is 10.8 Å². The standard InChI is InChI=1S/C20H17ClFN3O2/c1-2-3-4-5-8-27-19-10-14-17(11-18(19)26)23-12-24-20(14)25-13-6-7-16(22)15(21)9-13/h3,6-7,9-12,26H,1,4-5,8H2,(H,23,24,25). The second-order valence-electron chi connectivity index (χ2n) is 5.71. The van der Waals surface area contributed by atoms with Gasteiger partial charge in [0.05, 0.1) is 17.1 Å². The van der Waals surface area contributed by atoms with Crippen molar-refractivity contribution in [2.24, 2.45) is 0 Å². The SMILES string of the molecule is C=C=CCCCOc1cc2c(Nc3ccc(F)c(Cl)c3)ncnc2cc1O. The lowest BCUT2D eigenvalue weighted by Crippen LogP contribution is -1.99. The molecule has 3 rings (SSSR count). The quantitative estimate of drug-likeness (QED) is 0.422. The number of nitrogens with one attached hydrogen (secondary N) is 1. The van der Waals surface area contributed by atoms with Gasteiger partial charge in [0.15, 0.2) is 11.5 Å². The molecule has 0 aliphatic rings. The molecular formula is C20H17ClFN3O2. The number of rotatable bonds is 7. The van der Waals surface area contributed by atoms with Crippen LogP contribution in [0.3, 0.4) is 0 Å². The molecule has 7 heteroatoms. The zero-order valence-electron chi connectivity index (χ0n) is 14.4. The van der Waals surface area contributed by atoms with Gasteiger partial charge in [0.2, 0.25) is 0 Å². The summed E-state index contributed by atoms with van der Waals surface area (Å²) in [4.78, 5) is 8.39. The van der Waals surface area contributed by atoms with Crippen LogP contribution in [-0.2, 0) is 0 Å². The molecule has 138 valence electrons. The third-order valence-electron chi connectivity index (χ3n) is 3.79. The van der Waals surface area contributed by atoms with Crippen molar-refractivity contribution in [3.63, 3.8) is 0 Å². The largest absolute Gasteiger partial charge is 0.504 e. The number of phenolic OH excluding ortho intramolecular Hbond substituents is 1. The molecule has 0 saturated heterocycles. The number of allylic oxidation sites excluding steroid dienone is 1. The van der Waals surface area contributed by atoms with Gasteiger partial charge in [-0.05, 0) is 43.2 Å². The maximum Gasteiger partial charge on any atom is 0.161 e. The lowest BCUT2D eigenvalue weighted by molar-refractivity contribution is 0.295. The molecule has 0 saturated carbocycles. The minimum Gasteiger partial charge on any atom is -0.504 e. The molecular weight excluding hydrogens is 369 g/mol. The molecule has 3 aromatic rings. The van der Waals surface area contributed by atoms with Crippen molar-refractivity contribution in [2.75, 3.05) is 11.9 Å². The smallest absolute Gasteiger partial charge is 0.161 e. The summed E-state index contributed by atoms with van der Waals surface area (Å²) >= 11 is 5.83. The van der Waals surface area contributed by atoms with E-state index in [2.05, 4.69) is 27.6 Å². The maximum absolute atomic E-state index is 13.3. The number of anilines is 2. The Morgan fingerprint density at radius 1 is 1.30 bits per heavy atom. The van der Waals surface area contributed by atoms with Crippen molar-refractivity contribution >= 4 is 34.0 Å². The molecule has 2 aromatic carbocycles. The second-order valence-corrected chi connectivity index (χ2v) is 6.12. The fraction of sp³-hybridized carbons (Fsp3) is 0.150. The number of nitrogens with zero attached hydrogens (tertiary/aromatic N) is 2. The maximum atomic E-state index is 13.3. The van der Waals surface area contributed by atoms with Crippen LogP contribution >= 0.6 is 11.6 Å². The average molecular weight is 386 g/mol. The van der Waals surface area contributed by atoms with Crippen LogP contribution in [-0.4, -0.2) is 21.7 Å². The van der Waals surface area contributed by atoms with E-state index in [0.29, 0.717) is 34.8 Å². The molecule has 2 N–H and O–H groups in total. The molecule has 5 nitrogen and oxygen atoms in total. The summed E-state index contributed by atoms with van der Waals surface area (Å²) in [5.41, 5.74) is 3.82. The van der Waals surface area contributed by atoms with Crippen molar-refractivity contribution < 1.29 is 14.2 Å². The highest BCUT2D eigenvalue weighted by Crippen LogP contribution is 2.34. The van der Waals surface area contributed by atoms with Gasteiger partial charge in [-0.2, -0.15) is 0 Å². The van der Waals surface area contributed by atoms with E-state index in [4.69, 9.17) is 16.3 Å². The van der Waals surface area contributed by atoms with Gasteiger partial charge in [0, 0.05) is 17.1 Å². The van der Waals surface area contributed by atoms with Gasteiger partial charge in [-0.3, -0.25) is 0 Å². The number of aromatic nitrogens is 2. The molecule has 0 unspecified atom stereocenters. The Morgan fingerprint density at radius 2 is 2.15 bits per heavy atom. The first kappa shape index (κ1) is 18.7. The predicted octanol–water partition coefficient (Wildman–Crippen LogP) is 5.37. The monoisotopic (exact) mass is 385 g/mol. The van der Waals surface area contributed by atoms with Gasteiger partial charge < -0.3 is 15.2 Å². The number of ether oxygens (including phenoxy) is 1. The summed E-state index contributed by atoms with van der Waals surface area (Å²) in [6.45, 7) is 3.94. The van der Waals surface area contributed by atoms with E-state index in [1.54, 1.807) is 12.1 Å². The van der Waals surface area contributed by atoms with E-state index in [9.17, 15) is 9.50 Å². The molecule has 0 fully saturated rings. The Labute approximate surface area is 160 Å². The number of hydrogen-bond donors (Lipinski definition) is 2. The first-order valence-corrected chi connectivity index (χ1v) is 8.63. The van der Waals surface area contributed by atoms with Gasteiger partial charge in [0.25, 0.3) is 0 Å². The van der Waals surface area contributed by atoms with E-state index in [0.717, 1.165) is 12.8 Å². The molecule has 27 heavy (non-hydrogen) atoms. The third kappa shape index (κ3) is 4.56. The Balaban J connectivity index is 1.87. The van der Waals surface area contributed by atoms with Gasteiger partial charge in [-0.1, -0.05) is 18.2 Å². The van der Waals surface area contributed by atoms with Crippen LogP contribution in [0.4, 0.5) is 15.9 Å². The summed E-state index contributed by atoms with van der Waals surface area (Å²) in [6, 6.07) is 7.47. The summed E-state index contributed by atoms with van der Waals surface area (Å²) in [5, 5.41) is 13.9. The molecule has 0 aliphatic carbocycles. The fourth-order valence-electron chi connectivity index (χ4n) is 2.47. The predicted molar refractivity (Wildman–Crippen MR) is 104 cm³/mol. The van der Waals surface area contributed by atoms with E-state index >= 15 is 0 Å². The van der Waals surface area contributed by atoms with E-state index < -0.39 is 5.82 Å². The number of phenols is 1. The number of halogens is 2. The van der Waals surface area contributed by atoms with Crippen molar-refractivity contribution in [1.82, 2.24) is 9.97 Å². The first-order valence-electron chi connectivity index (χ1n) is 8.25. The molecule has 0 aliphatic heterocycles. The minimum absolute atomic E-state index is 0.00348. The number of aromatic hydroxyl groups is 1. The van der Waals surface area contributed by atoms with E-state index in [1.807, 2.05) is 6.08 Å². The normalized spacial score (nSPS) is 10.4. The lowest BCUT2D eigenvalue weighted by atomic mass is 10.2. The van der Waals surface area contributed by atoms with Crippen LogP contribution < -0.4 is 10.1 Å². The van der Waals surface area contributed by atoms with Gasteiger partial charge >= 0.3 is 0 Å². The zero-order valence-corrected chi connectivity index (χ0v) is 15.1. The Kier molecular flexibility index (Phi) is 5.91. The second kappa shape index (κ2) is 8.54.